The highest BCUT2D eigenvalue weighted by Crippen LogP contribution is 2.13. The van der Waals surface area contributed by atoms with E-state index < -0.39 is 0 Å². The molecule has 17 heavy (non-hydrogen) atoms. The molecule has 2 fully saturated rings. The minimum atomic E-state index is 0. The Morgan fingerprint density at radius 2 is 2.24 bits per heavy atom. The predicted octanol–water partition coefficient (Wildman–Crippen LogP) is 0.0803. The minimum Gasteiger partial charge on any atom is -0.376 e. The van der Waals surface area contributed by atoms with Crippen LogP contribution in [0.3, 0.4) is 0 Å². The van der Waals surface area contributed by atoms with Gasteiger partial charge in [-0.15, -0.1) is 12.4 Å². The second kappa shape index (κ2) is 7.16. The van der Waals surface area contributed by atoms with Crippen LogP contribution in [0.4, 0.5) is 0 Å². The summed E-state index contributed by atoms with van der Waals surface area (Å²) in [6.07, 6.45) is 1.51. The molecule has 5 nitrogen and oxygen atoms in total. The maximum absolute atomic E-state index is 11.7. The highest BCUT2D eigenvalue weighted by atomic mass is 35.5. The quantitative estimate of drug-likeness (QED) is 0.758. The number of ether oxygens (including phenoxy) is 2. The Bertz CT molecular complexity index is 247. The van der Waals surface area contributed by atoms with E-state index in [1.54, 1.807) is 0 Å². The molecule has 100 valence electrons. The SMILES string of the molecule is CC1OCCC1NC(=O)CC1CNCCO1.Cl. The Hall–Kier alpha value is -0.360. The summed E-state index contributed by atoms with van der Waals surface area (Å²) in [7, 11) is 0. The van der Waals surface area contributed by atoms with Crippen LogP contribution in [0.5, 0.6) is 0 Å². The molecule has 0 aromatic carbocycles. The normalized spacial score (nSPS) is 32.9. The minimum absolute atomic E-state index is 0. The molecule has 0 aromatic rings. The summed E-state index contributed by atoms with van der Waals surface area (Å²) in [6.45, 7) is 5.08. The average molecular weight is 265 g/mol. The van der Waals surface area contributed by atoms with Crippen molar-refractivity contribution in [3.63, 3.8) is 0 Å². The zero-order chi connectivity index (χ0) is 11.4. The van der Waals surface area contributed by atoms with Crippen molar-refractivity contribution in [1.82, 2.24) is 10.6 Å². The van der Waals surface area contributed by atoms with Crippen molar-refractivity contribution in [3.8, 4) is 0 Å². The number of halogens is 1. The van der Waals surface area contributed by atoms with Crippen LogP contribution in [0.15, 0.2) is 0 Å². The maximum atomic E-state index is 11.7. The summed E-state index contributed by atoms with van der Waals surface area (Å²) < 4.78 is 10.9. The summed E-state index contributed by atoms with van der Waals surface area (Å²) in [5.41, 5.74) is 0. The fourth-order valence-electron chi connectivity index (χ4n) is 2.14. The topological polar surface area (TPSA) is 59.6 Å². The first-order valence-corrected chi connectivity index (χ1v) is 5.99. The Balaban J connectivity index is 0.00000144. The smallest absolute Gasteiger partial charge is 0.222 e. The van der Waals surface area contributed by atoms with Gasteiger partial charge in [-0.2, -0.15) is 0 Å². The van der Waals surface area contributed by atoms with Gasteiger partial charge in [0.1, 0.15) is 0 Å². The van der Waals surface area contributed by atoms with Gasteiger partial charge in [0.05, 0.1) is 31.3 Å². The van der Waals surface area contributed by atoms with Crippen molar-refractivity contribution in [3.05, 3.63) is 0 Å². The number of carbonyl (C=O) groups excluding carboxylic acids is 1. The van der Waals surface area contributed by atoms with Crippen LogP contribution in [0, 0.1) is 0 Å². The number of carbonyl (C=O) groups is 1. The van der Waals surface area contributed by atoms with E-state index in [1.165, 1.54) is 0 Å². The van der Waals surface area contributed by atoms with E-state index in [-0.39, 0.29) is 36.6 Å². The summed E-state index contributed by atoms with van der Waals surface area (Å²) in [6, 6.07) is 0.170. The molecule has 3 unspecified atom stereocenters. The maximum Gasteiger partial charge on any atom is 0.222 e. The fraction of sp³-hybridized carbons (Fsp3) is 0.909. The van der Waals surface area contributed by atoms with E-state index in [4.69, 9.17) is 9.47 Å². The summed E-state index contributed by atoms with van der Waals surface area (Å²) in [4.78, 5) is 11.7. The zero-order valence-electron chi connectivity index (χ0n) is 10.1. The van der Waals surface area contributed by atoms with Crippen molar-refractivity contribution in [2.45, 2.75) is 38.0 Å². The van der Waals surface area contributed by atoms with E-state index in [1.807, 2.05) is 6.92 Å². The molecule has 0 saturated carbocycles. The second-order valence-electron chi connectivity index (χ2n) is 4.44. The third-order valence-corrected chi connectivity index (χ3v) is 3.14. The molecule has 0 spiro atoms. The Kier molecular flexibility index (Phi) is 6.19. The lowest BCUT2D eigenvalue weighted by atomic mass is 10.1. The molecule has 2 N–H and O–H groups in total. The zero-order valence-corrected chi connectivity index (χ0v) is 10.9. The Morgan fingerprint density at radius 3 is 2.82 bits per heavy atom. The van der Waals surface area contributed by atoms with Gasteiger partial charge in [0.2, 0.25) is 5.91 Å². The first kappa shape index (κ1) is 14.7. The largest absolute Gasteiger partial charge is 0.376 e. The van der Waals surface area contributed by atoms with E-state index >= 15 is 0 Å². The summed E-state index contributed by atoms with van der Waals surface area (Å²) >= 11 is 0. The first-order valence-electron chi connectivity index (χ1n) is 5.99. The molecule has 2 aliphatic heterocycles. The summed E-state index contributed by atoms with van der Waals surface area (Å²) in [5.74, 6) is 0.0658. The van der Waals surface area contributed by atoms with Crippen LogP contribution in [0.25, 0.3) is 0 Å². The van der Waals surface area contributed by atoms with Crippen molar-refractivity contribution in [2.24, 2.45) is 0 Å². The van der Waals surface area contributed by atoms with Crippen LogP contribution in [-0.4, -0.2) is 50.5 Å². The average Bonchev–Trinajstić information content (AvgIpc) is 2.66. The molecular weight excluding hydrogens is 244 g/mol. The van der Waals surface area contributed by atoms with Crippen molar-refractivity contribution < 1.29 is 14.3 Å². The molecule has 2 rings (SSSR count). The molecule has 2 aliphatic rings. The number of morpholine rings is 1. The highest BCUT2D eigenvalue weighted by Gasteiger charge is 2.26. The third kappa shape index (κ3) is 4.43. The lowest BCUT2D eigenvalue weighted by Crippen LogP contribution is -2.44. The van der Waals surface area contributed by atoms with Gasteiger partial charge in [-0.3, -0.25) is 4.79 Å². The molecule has 1 amide bonds. The van der Waals surface area contributed by atoms with Crippen LogP contribution in [-0.2, 0) is 14.3 Å². The number of amides is 1. The van der Waals surface area contributed by atoms with Gasteiger partial charge < -0.3 is 20.1 Å². The van der Waals surface area contributed by atoms with Gasteiger partial charge in [-0.05, 0) is 13.3 Å². The standard InChI is InChI=1S/C11H20N2O3.ClH/c1-8-10(2-4-15-8)13-11(14)6-9-7-12-3-5-16-9;/h8-10,12H,2-7H2,1H3,(H,13,14);1H. The van der Waals surface area contributed by atoms with Crippen LogP contribution in [0.1, 0.15) is 19.8 Å². The lowest BCUT2D eigenvalue weighted by molar-refractivity contribution is -0.125. The molecule has 0 radical (unpaired) electrons. The monoisotopic (exact) mass is 264 g/mol. The van der Waals surface area contributed by atoms with Gasteiger partial charge in [0, 0.05) is 19.7 Å². The van der Waals surface area contributed by atoms with Gasteiger partial charge in [0.15, 0.2) is 0 Å². The van der Waals surface area contributed by atoms with Crippen LogP contribution in [0.2, 0.25) is 0 Å². The molecule has 0 bridgehead atoms. The molecule has 2 heterocycles. The van der Waals surface area contributed by atoms with Crippen LogP contribution >= 0.6 is 12.4 Å². The van der Waals surface area contributed by atoms with Crippen molar-refractivity contribution in [2.75, 3.05) is 26.3 Å². The second-order valence-corrected chi connectivity index (χ2v) is 4.44. The van der Waals surface area contributed by atoms with Crippen molar-refractivity contribution >= 4 is 18.3 Å². The van der Waals surface area contributed by atoms with Gasteiger partial charge in [-0.1, -0.05) is 0 Å². The van der Waals surface area contributed by atoms with Gasteiger partial charge in [-0.25, -0.2) is 0 Å². The molecule has 2 saturated heterocycles. The molecule has 3 atom stereocenters. The highest BCUT2D eigenvalue weighted by molar-refractivity contribution is 5.85. The lowest BCUT2D eigenvalue weighted by Gasteiger charge is -2.24. The molecule has 6 heteroatoms. The van der Waals surface area contributed by atoms with E-state index in [0.717, 1.165) is 26.1 Å². The van der Waals surface area contributed by atoms with Gasteiger partial charge >= 0.3 is 0 Å². The fourth-order valence-corrected chi connectivity index (χ4v) is 2.14. The van der Waals surface area contributed by atoms with E-state index in [2.05, 4.69) is 10.6 Å². The Morgan fingerprint density at radius 1 is 1.41 bits per heavy atom. The number of rotatable bonds is 3. The predicted molar refractivity (Wildman–Crippen MR) is 66.4 cm³/mol. The van der Waals surface area contributed by atoms with Crippen molar-refractivity contribution in [1.29, 1.82) is 0 Å². The first-order chi connectivity index (χ1) is 7.75. The molecule has 0 aliphatic carbocycles. The van der Waals surface area contributed by atoms with E-state index in [9.17, 15) is 4.79 Å². The molecule has 0 aromatic heterocycles. The third-order valence-electron chi connectivity index (χ3n) is 3.14. The Labute approximate surface area is 108 Å². The number of hydrogen-bond donors (Lipinski definition) is 2. The van der Waals surface area contributed by atoms with Crippen LogP contribution < -0.4 is 10.6 Å². The van der Waals surface area contributed by atoms with Gasteiger partial charge in [0.25, 0.3) is 0 Å². The number of nitrogens with one attached hydrogen (secondary N) is 2. The molecular formula is C11H21ClN2O3. The van der Waals surface area contributed by atoms with E-state index in [0.29, 0.717) is 13.0 Å². The number of hydrogen-bond acceptors (Lipinski definition) is 4. The summed E-state index contributed by atoms with van der Waals surface area (Å²) in [5, 5.41) is 6.22.